The van der Waals surface area contributed by atoms with Crippen molar-refractivity contribution >= 4 is 27.5 Å². The molecule has 1 unspecified atom stereocenters. The van der Waals surface area contributed by atoms with Crippen LogP contribution in [-0.2, 0) is 0 Å². The molecule has 0 radical (unpaired) electrons. The number of rotatable bonds is 5. The highest BCUT2D eigenvalue weighted by Crippen LogP contribution is 2.30. The zero-order valence-corrected chi connectivity index (χ0v) is 12.4. The molecule has 0 aliphatic heterocycles. The molecule has 0 aromatic heterocycles. The SMILES string of the molecule is NCC(Nc1ccc(C(N)=O)c(Br)c1)C1CCCC1. The lowest BCUT2D eigenvalue weighted by atomic mass is 9.98. The van der Waals surface area contributed by atoms with Crippen molar-refractivity contribution in [3.8, 4) is 0 Å². The topological polar surface area (TPSA) is 81.1 Å². The molecule has 0 heterocycles. The lowest BCUT2D eigenvalue weighted by molar-refractivity contribution is 0.0999. The number of hydrogen-bond donors (Lipinski definition) is 3. The Labute approximate surface area is 122 Å². The summed E-state index contributed by atoms with van der Waals surface area (Å²) >= 11 is 3.37. The molecule has 0 bridgehead atoms. The van der Waals surface area contributed by atoms with Gasteiger partial charge in [0.1, 0.15) is 0 Å². The quantitative estimate of drug-likeness (QED) is 0.777. The van der Waals surface area contributed by atoms with Crippen LogP contribution in [-0.4, -0.2) is 18.5 Å². The van der Waals surface area contributed by atoms with Crippen LogP contribution in [0.1, 0.15) is 36.0 Å². The molecule has 1 aliphatic rings. The molecule has 1 aliphatic carbocycles. The molecule has 1 atom stereocenters. The molecule has 0 spiro atoms. The van der Waals surface area contributed by atoms with Gasteiger partial charge in [0.05, 0.1) is 5.56 Å². The number of carbonyl (C=O) groups excluding carboxylic acids is 1. The van der Waals surface area contributed by atoms with Crippen LogP contribution >= 0.6 is 15.9 Å². The Balaban J connectivity index is 2.09. The van der Waals surface area contributed by atoms with E-state index in [1.807, 2.05) is 12.1 Å². The summed E-state index contributed by atoms with van der Waals surface area (Å²) in [6, 6.07) is 5.80. The number of nitrogens with one attached hydrogen (secondary N) is 1. The van der Waals surface area contributed by atoms with Gasteiger partial charge in [-0.05, 0) is 52.9 Å². The molecule has 0 saturated heterocycles. The fourth-order valence-electron chi connectivity index (χ4n) is 2.75. The van der Waals surface area contributed by atoms with Crippen molar-refractivity contribution in [1.29, 1.82) is 0 Å². The number of amides is 1. The average Bonchev–Trinajstić information content (AvgIpc) is 2.89. The number of halogens is 1. The van der Waals surface area contributed by atoms with E-state index in [0.717, 1.165) is 5.69 Å². The molecule has 1 fully saturated rings. The number of anilines is 1. The maximum absolute atomic E-state index is 11.2. The van der Waals surface area contributed by atoms with E-state index in [9.17, 15) is 4.79 Å². The van der Waals surface area contributed by atoms with Crippen LogP contribution in [0.15, 0.2) is 22.7 Å². The molecule has 104 valence electrons. The summed E-state index contributed by atoms with van der Waals surface area (Å²) in [6.07, 6.45) is 5.09. The first kappa shape index (κ1) is 14.3. The van der Waals surface area contributed by atoms with Crippen molar-refractivity contribution in [1.82, 2.24) is 0 Å². The van der Waals surface area contributed by atoms with Crippen LogP contribution < -0.4 is 16.8 Å². The minimum Gasteiger partial charge on any atom is -0.381 e. The van der Waals surface area contributed by atoms with Gasteiger partial charge in [0, 0.05) is 22.7 Å². The van der Waals surface area contributed by atoms with Crippen molar-refractivity contribution in [2.24, 2.45) is 17.4 Å². The van der Waals surface area contributed by atoms with Gasteiger partial charge in [0.15, 0.2) is 0 Å². The maximum Gasteiger partial charge on any atom is 0.249 e. The fourth-order valence-corrected chi connectivity index (χ4v) is 3.32. The lowest BCUT2D eigenvalue weighted by Crippen LogP contribution is -2.35. The minimum absolute atomic E-state index is 0.300. The summed E-state index contributed by atoms with van der Waals surface area (Å²) in [7, 11) is 0. The molecule has 19 heavy (non-hydrogen) atoms. The van der Waals surface area contributed by atoms with Gasteiger partial charge in [-0.15, -0.1) is 0 Å². The molecular formula is C14H20BrN3O. The third-order valence-corrected chi connectivity index (χ3v) is 4.47. The van der Waals surface area contributed by atoms with Gasteiger partial charge in [-0.25, -0.2) is 0 Å². The second kappa shape index (κ2) is 6.39. The molecule has 5 heteroatoms. The van der Waals surface area contributed by atoms with Crippen LogP contribution in [0.5, 0.6) is 0 Å². The first-order valence-corrected chi connectivity index (χ1v) is 7.47. The van der Waals surface area contributed by atoms with Gasteiger partial charge >= 0.3 is 0 Å². The van der Waals surface area contributed by atoms with Gasteiger partial charge < -0.3 is 16.8 Å². The molecule has 4 nitrogen and oxygen atoms in total. The maximum atomic E-state index is 11.2. The number of primary amides is 1. The summed E-state index contributed by atoms with van der Waals surface area (Å²) in [6.45, 7) is 0.625. The van der Waals surface area contributed by atoms with E-state index in [0.29, 0.717) is 28.5 Å². The van der Waals surface area contributed by atoms with Gasteiger partial charge in [0.2, 0.25) is 5.91 Å². The van der Waals surface area contributed by atoms with Crippen molar-refractivity contribution in [2.75, 3.05) is 11.9 Å². The van der Waals surface area contributed by atoms with E-state index in [4.69, 9.17) is 11.5 Å². The second-order valence-corrected chi connectivity index (χ2v) is 5.94. The van der Waals surface area contributed by atoms with E-state index >= 15 is 0 Å². The highest BCUT2D eigenvalue weighted by molar-refractivity contribution is 9.10. The third kappa shape index (κ3) is 3.48. The number of hydrogen-bond acceptors (Lipinski definition) is 3. The zero-order valence-electron chi connectivity index (χ0n) is 10.9. The first-order chi connectivity index (χ1) is 9.11. The Bertz CT molecular complexity index is 458. The number of benzene rings is 1. The van der Waals surface area contributed by atoms with Gasteiger partial charge in [-0.3, -0.25) is 4.79 Å². The molecule has 1 saturated carbocycles. The van der Waals surface area contributed by atoms with E-state index in [-0.39, 0.29) is 0 Å². The molecule has 1 amide bonds. The fraction of sp³-hybridized carbons (Fsp3) is 0.500. The van der Waals surface area contributed by atoms with E-state index in [1.165, 1.54) is 25.7 Å². The van der Waals surface area contributed by atoms with Crippen LogP contribution in [0.25, 0.3) is 0 Å². The predicted octanol–water partition coefficient (Wildman–Crippen LogP) is 2.48. The monoisotopic (exact) mass is 325 g/mol. The van der Waals surface area contributed by atoms with Crippen molar-refractivity contribution in [2.45, 2.75) is 31.7 Å². The summed E-state index contributed by atoms with van der Waals surface area (Å²) in [5.41, 5.74) is 12.6. The van der Waals surface area contributed by atoms with Gasteiger partial charge in [-0.1, -0.05) is 12.8 Å². The van der Waals surface area contributed by atoms with Crippen molar-refractivity contribution in [3.05, 3.63) is 28.2 Å². The van der Waals surface area contributed by atoms with E-state index in [2.05, 4.69) is 21.2 Å². The van der Waals surface area contributed by atoms with Gasteiger partial charge in [-0.2, -0.15) is 0 Å². The van der Waals surface area contributed by atoms with E-state index in [1.54, 1.807) is 6.07 Å². The summed E-state index contributed by atoms with van der Waals surface area (Å²) in [4.78, 5) is 11.2. The average molecular weight is 326 g/mol. The molecule has 2 rings (SSSR count). The highest BCUT2D eigenvalue weighted by Gasteiger charge is 2.23. The first-order valence-electron chi connectivity index (χ1n) is 6.67. The molecule has 1 aromatic carbocycles. The Morgan fingerprint density at radius 1 is 1.42 bits per heavy atom. The van der Waals surface area contributed by atoms with Gasteiger partial charge in [0.25, 0.3) is 0 Å². The van der Waals surface area contributed by atoms with Crippen LogP contribution in [0.2, 0.25) is 0 Å². The Morgan fingerprint density at radius 3 is 2.63 bits per heavy atom. The smallest absolute Gasteiger partial charge is 0.249 e. The molecular weight excluding hydrogens is 306 g/mol. The number of nitrogens with two attached hydrogens (primary N) is 2. The second-order valence-electron chi connectivity index (χ2n) is 5.09. The standard InChI is InChI=1S/C14H20BrN3O/c15-12-7-10(5-6-11(12)14(17)19)18-13(8-16)9-3-1-2-4-9/h5-7,9,13,18H,1-4,8,16H2,(H2,17,19). The largest absolute Gasteiger partial charge is 0.381 e. The Kier molecular flexibility index (Phi) is 4.82. The lowest BCUT2D eigenvalue weighted by Gasteiger charge is -2.24. The van der Waals surface area contributed by atoms with Crippen LogP contribution in [0, 0.1) is 5.92 Å². The molecule has 1 aromatic rings. The summed E-state index contributed by atoms with van der Waals surface area (Å²) in [5, 5.41) is 3.47. The van der Waals surface area contributed by atoms with E-state index < -0.39 is 5.91 Å². The Hall–Kier alpha value is -1.07. The normalized spacial score (nSPS) is 17.4. The van der Waals surface area contributed by atoms with Crippen LogP contribution in [0.4, 0.5) is 5.69 Å². The minimum atomic E-state index is -0.426. The Morgan fingerprint density at radius 2 is 2.11 bits per heavy atom. The highest BCUT2D eigenvalue weighted by atomic mass is 79.9. The zero-order chi connectivity index (χ0) is 13.8. The number of carbonyl (C=O) groups is 1. The summed E-state index contributed by atoms with van der Waals surface area (Å²) in [5.74, 6) is 0.226. The summed E-state index contributed by atoms with van der Waals surface area (Å²) < 4.78 is 0.715. The van der Waals surface area contributed by atoms with Crippen molar-refractivity contribution < 1.29 is 4.79 Å². The molecule has 5 N–H and O–H groups in total. The van der Waals surface area contributed by atoms with Crippen molar-refractivity contribution in [3.63, 3.8) is 0 Å². The van der Waals surface area contributed by atoms with Crippen LogP contribution in [0.3, 0.4) is 0 Å². The predicted molar refractivity (Wildman–Crippen MR) is 81.1 cm³/mol. The third-order valence-electron chi connectivity index (χ3n) is 3.81.